The zero-order valence-electron chi connectivity index (χ0n) is 9.71. The first-order valence-corrected chi connectivity index (χ1v) is 7.50. The summed E-state index contributed by atoms with van der Waals surface area (Å²) < 4.78 is 0. The van der Waals surface area contributed by atoms with Crippen molar-refractivity contribution in [2.45, 2.75) is 6.42 Å². The zero-order valence-corrected chi connectivity index (χ0v) is 12.1. The maximum atomic E-state index is 5.86. The first-order valence-electron chi connectivity index (χ1n) is 5.49. The highest BCUT2D eigenvalue weighted by Crippen LogP contribution is 2.30. The molecule has 2 N–H and O–H groups in total. The van der Waals surface area contributed by atoms with Crippen molar-refractivity contribution in [3.05, 3.63) is 46.1 Å². The van der Waals surface area contributed by atoms with E-state index in [1.54, 1.807) is 11.3 Å². The topological polar surface area (TPSA) is 64.7 Å². The van der Waals surface area contributed by atoms with Crippen LogP contribution >= 0.6 is 34.3 Å². The fraction of sp³-hybridized carbons (Fsp3) is 0.0833. The molecule has 0 aliphatic heterocycles. The van der Waals surface area contributed by atoms with Gasteiger partial charge in [-0.05, 0) is 17.7 Å². The lowest BCUT2D eigenvalue weighted by atomic mass is 10.2. The SMILES string of the molecule is Nc1nnc(-c2cnc(Cc3ccc(Cl)cc3)s2)s1. The third-order valence-corrected chi connectivity index (χ3v) is 4.64. The Morgan fingerprint density at radius 2 is 1.89 bits per heavy atom. The van der Waals surface area contributed by atoms with E-state index in [0.717, 1.165) is 26.3 Å². The van der Waals surface area contributed by atoms with Crippen molar-refractivity contribution < 1.29 is 0 Å². The Bertz CT molecular complexity index is 690. The van der Waals surface area contributed by atoms with Gasteiger partial charge in [0, 0.05) is 17.6 Å². The first-order chi connectivity index (χ1) is 9.20. The number of rotatable bonds is 3. The highest BCUT2D eigenvalue weighted by Gasteiger charge is 2.09. The van der Waals surface area contributed by atoms with E-state index in [2.05, 4.69) is 15.2 Å². The molecule has 0 atom stereocenters. The van der Waals surface area contributed by atoms with Crippen LogP contribution in [0.4, 0.5) is 5.13 Å². The minimum absolute atomic E-state index is 0.475. The smallest absolute Gasteiger partial charge is 0.203 e. The van der Waals surface area contributed by atoms with E-state index in [4.69, 9.17) is 17.3 Å². The second-order valence-electron chi connectivity index (χ2n) is 3.87. The Morgan fingerprint density at radius 3 is 2.58 bits per heavy atom. The van der Waals surface area contributed by atoms with Crippen LogP contribution in [0.1, 0.15) is 10.6 Å². The number of thiazole rings is 1. The molecule has 3 aromatic rings. The molecular weight excluding hydrogens is 300 g/mol. The van der Waals surface area contributed by atoms with E-state index in [1.165, 1.54) is 16.9 Å². The molecule has 2 aromatic heterocycles. The first kappa shape index (κ1) is 12.5. The summed E-state index contributed by atoms with van der Waals surface area (Å²) in [5.74, 6) is 0. The van der Waals surface area contributed by atoms with Gasteiger partial charge in [-0.25, -0.2) is 4.98 Å². The number of anilines is 1. The van der Waals surface area contributed by atoms with Crippen LogP contribution in [-0.4, -0.2) is 15.2 Å². The lowest BCUT2D eigenvalue weighted by Gasteiger charge is -1.97. The number of nitrogens with two attached hydrogens (primary N) is 1. The van der Waals surface area contributed by atoms with Gasteiger partial charge in [0.1, 0.15) is 0 Å². The molecule has 4 nitrogen and oxygen atoms in total. The average Bonchev–Trinajstić information content (AvgIpc) is 3.01. The number of aromatic nitrogens is 3. The van der Waals surface area contributed by atoms with Crippen molar-refractivity contribution in [2.75, 3.05) is 5.73 Å². The summed E-state index contributed by atoms with van der Waals surface area (Å²) in [6.45, 7) is 0. The van der Waals surface area contributed by atoms with E-state index in [9.17, 15) is 0 Å². The maximum Gasteiger partial charge on any atom is 0.203 e. The molecule has 0 bridgehead atoms. The molecule has 19 heavy (non-hydrogen) atoms. The predicted molar refractivity (Wildman–Crippen MR) is 79.7 cm³/mol. The van der Waals surface area contributed by atoms with Crippen molar-refractivity contribution in [3.8, 4) is 9.88 Å². The molecular formula is C12H9ClN4S2. The zero-order chi connectivity index (χ0) is 13.2. The van der Waals surface area contributed by atoms with Crippen LogP contribution in [0.15, 0.2) is 30.5 Å². The summed E-state index contributed by atoms with van der Waals surface area (Å²) in [7, 11) is 0. The van der Waals surface area contributed by atoms with Crippen molar-refractivity contribution >= 4 is 39.4 Å². The fourth-order valence-electron chi connectivity index (χ4n) is 1.60. The Hall–Kier alpha value is -1.50. The summed E-state index contributed by atoms with van der Waals surface area (Å²) in [6, 6.07) is 7.78. The van der Waals surface area contributed by atoms with Gasteiger partial charge in [-0.1, -0.05) is 35.1 Å². The second-order valence-corrected chi connectivity index (χ2v) is 6.43. The number of hydrogen-bond donors (Lipinski definition) is 1. The molecule has 96 valence electrons. The van der Waals surface area contributed by atoms with E-state index in [-0.39, 0.29) is 0 Å². The van der Waals surface area contributed by atoms with E-state index < -0.39 is 0 Å². The van der Waals surface area contributed by atoms with Crippen LogP contribution in [0.2, 0.25) is 5.02 Å². The molecule has 0 spiro atoms. The van der Waals surface area contributed by atoms with Crippen LogP contribution in [0, 0.1) is 0 Å². The van der Waals surface area contributed by atoms with E-state index >= 15 is 0 Å². The van der Waals surface area contributed by atoms with Gasteiger partial charge in [0.15, 0.2) is 5.01 Å². The molecule has 0 aliphatic rings. The Morgan fingerprint density at radius 1 is 1.11 bits per heavy atom. The van der Waals surface area contributed by atoms with Gasteiger partial charge in [0.05, 0.1) is 9.88 Å². The average molecular weight is 309 g/mol. The summed E-state index contributed by atoms with van der Waals surface area (Å²) in [6.07, 6.45) is 2.60. The van der Waals surface area contributed by atoms with Crippen LogP contribution < -0.4 is 5.73 Å². The van der Waals surface area contributed by atoms with Crippen molar-refractivity contribution in [3.63, 3.8) is 0 Å². The van der Waals surface area contributed by atoms with Gasteiger partial charge < -0.3 is 5.73 Å². The quantitative estimate of drug-likeness (QED) is 0.804. The van der Waals surface area contributed by atoms with Crippen molar-refractivity contribution in [1.82, 2.24) is 15.2 Å². The lowest BCUT2D eigenvalue weighted by Crippen LogP contribution is -1.85. The molecule has 1 aromatic carbocycles. The van der Waals surface area contributed by atoms with Crippen LogP contribution in [-0.2, 0) is 6.42 Å². The van der Waals surface area contributed by atoms with E-state index in [0.29, 0.717) is 5.13 Å². The molecule has 0 unspecified atom stereocenters. The van der Waals surface area contributed by atoms with Crippen molar-refractivity contribution in [1.29, 1.82) is 0 Å². The van der Waals surface area contributed by atoms with Gasteiger partial charge in [0.2, 0.25) is 5.13 Å². The van der Waals surface area contributed by atoms with Gasteiger partial charge in [0.25, 0.3) is 0 Å². The third-order valence-electron chi connectivity index (χ3n) is 2.47. The molecule has 0 radical (unpaired) electrons. The summed E-state index contributed by atoms with van der Waals surface area (Å²) in [4.78, 5) is 5.40. The summed E-state index contributed by atoms with van der Waals surface area (Å²) in [5.41, 5.74) is 6.76. The molecule has 0 aliphatic carbocycles. The fourth-order valence-corrected chi connectivity index (χ4v) is 3.32. The van der Waals surface area contributed by atoms with Crippen LogP contribution in [0.25, 0.3) is 9.88 Å². The number of halogens is 1. The number of hydrogen-bond acceptors (Lipinski definition) is 6. The molecule has 3 rings (SSSR count). The van der Waals surface area contributed by atoms with E-state index in [1.807, 2.05) is 30.5 Å². The van der Waals surface area contributed by atoms with Crippen LogP contribution in [0.5, 0.6) is 0 Å². The molecule has 0 saturated carbocycles. The van der Waals surface area contributed by atoms with Gasteiger partial charge in [-0.3, -0.25) is 0 Å². The summed E-state index contributed by atoms with van der Waals surface area (Å²) >= 11 is 8.84. The molecule has 0 amide bonds. The second kappa shape index (κ2) is 5.24. The highest BCUT2D eigenvalue weighted by atomic mass is 35.5. The van der Waals surface area contributed by atoms with Crippen LogP contribution in [0.3, 0.4) is 0 Å². The molecule has 7 heteroatoms. The largest absolute Gasteiger partial charge is 0.374 e. The van der Waals surface area contributed by atoms with Gasteiger partial charge in [-0.15, -0.1) is 21.5 Å². The Kier molecular flexibility index (Phi) is 3.46. The maximum absolute atomic E-state index is 5.86. The third kappa shape index (κ3) is 2.91. The normalized spacial score (nSPS) is 10.8. The number of nitrogen functional groups attached to an aromatic ring is 1. The van der Waals surface area contributed by atoms with Gasteiger partial charge >= 0.3 is 0 Å². The lowest BCUT2D eigenvalue weighted by molar-refractivity contribution is 1.10. The molecule has 0 fully saturated rings. The molecule has 2 heterocycles. The highest BCUT2D eigenvalue weighted by molar-refractivity contribution is 7.23. The number of benzene rings is 1. The Balaban J connectivity index is 1.80. The Labute approximate surface area is 122 Å². The summed E-state index contributed by atoms with van der Waals surface area (Å²) in [5, 5.41) is 10.9. The monoisotopic (exact) mass is 308 g/mol. The van der Waals surface area contributed by atoms with Gasteiger partial charge in [-0.2, -0.15) is 0 Å². The standard InChI is InChI=1S/C12H9ClN4S2/c13-8-3-1-7(2-4-8)5-10-15-6-9(18-10)11-16-17-12(14)19-11/h1-4,6H,5H2,(H2,14,17). The number of nitrogens with zero attached hydrogens (tertiary/aromatic N) is 3. The molecule has 0 saturated heterocycles. The predicted octanol–water partition coefficient (Wildman–Crippen LogP) is 3.49. The van der Waals surface area contributed by atoms with Crippen molar-refractivity contribution in [2.24, 2.45) is 0 Å². The minimum Gasteiger partial charge on any atom is -0.374 e. The minimum atomic E-state index is 0.475.